The molecule has 5 aliphatic carbocycles. The van der Waals surface area contributed by atoms with Crippen LogP contribution >= 0.6 is 0 Å². The standard InChI is InChI=1S/C12H20O4.C11H16O3.C10H14O4.C9H12O5.C9H14O4/c1-4-16-7-9(10(13)14)12(15)6-5-11(2,3)8-12;1-5-4-13-6(2)8-7(5)9(12)10-11(8,3)14-10;1-5-6-9(2)8(14-9)7(11)10(6,12)3-4-13-5;1-4-3-14-8(12)6-7(11)5(10)2-9(4,6)13;1-8(11)2-3-9(12)6(8)4-13-5-7(9)10/h7,15H,4-6,8H2,1-3H3,(H,13,14);4,6-10,12H,1-3H3;3-8,11-12H,1-2H3;3,5-6,8,10,12-13H,2H2,1H3;6,11-12H,2-5H2,1H3/b9-7-;;;;. The third kappa shape index (κ3) is 9.51. The number of carbonyl (C=O) groups excluding carboxylic acids is 2. The molecule has 11 rings (SSSR count). The van der Waals surface area contributed by atoms with E-state index in [-0.39, 0.29) is 84.4 Å². The molecule has 0 bridgehead atoms. The van der Waals surface area contributed by atoms with Crippen molar-refractivity contribution in [1.82, 2.24) is 0 Å². The van der Waals surface area contributed by atoms with Gasteiger partial charge in [0.2, 0.25) is 6.29 Å². The number of carboxylic acids is 1. The number of carbonyl (C=O) groups is 3. The number of Topliss-reactive ketones (excluding diaryl/α,β-unsaturated/α-hetero) is 2. The van der Waals surface area contributed by atoms with Gasteiger partial charge in [-0.1, -0.05) is 13.8 Å². The van der Waals surface area contributed by atoms with Gasteiger partial charge >= 0.3 is 5.97 Å². The summed E-state index contributed by atoms with van der Waals surface area (Å²) in [6.45, 7) is 19.7. The third-order valence-electron chi connectivity index (χ3n) is 17.4. The van der Waals surface area contributed by atoms with Crippen molar-refractivity contribution < 1.29 is 98.6 Å². The number of rotatable bonds is 4. The van der Waals surface area contributed by atoms with E-state index in [0.717, 1.165) is 12.0 Å². The highest BCUT2D eigenvalue weighted by Gasteiger charge is 2.78. The van der Waals surface area contributed by atoms with Crippen molar-refractivity contribution in [2.24, 2.45) is 35.0 Å². The van der Waals surface area contributed by atoms with E-state index in [1.807, 2.05) is 34.6 Å². The molecule has 20 atom stereocenters. The average Bonchev–Trinajstić information content (AvgIpc) is 3.99. The Labute approximate surface area is 413 Å². The van der Waals surface area contributed by atoms with Crippen LogP contribution in [-0.2, 0) is 47.5 Å². The largest absolute Gasteiger partial charge is 0.501 e. The number of aliphatic hydroxyl groups excluding tert-OH is 4. The molecular formula is C51H76O20. The number of epoxide rings is 2. The maximum atomic E-state index is 11.4. The second-order valence-corrected chi connectivity index (χ2v) is 22.9. The Morgan fingerprint density at radius 3 is 2.06 bits per heavy atom. The van der Waals surface area contributed by atoms with Crippen LogP contribution in [0.3, 0.4) is 0 Å². The third-order valence-corrected chi connectivity index (χ3v) is 17.4. The zero-order chi connectivity index (χ0) is 52.8. The summed E-state index contributed by atoms with van der Waals surface area (Å²) >= 11 is 0. The van der Waals surface area contributed by atoms with Crippen LogP contribution in [0.5, 0.6) is 0 Å². The molecule has 10 N–H and O–H groups in total. The fraction of sp³-hybridized carbons (Fsp3) is 0.784. The SMILES string of the molecule is CC1(O)CCC2(O)C(=O)COCC12.CC1=COC(C)C2C1C(O)C1OC12C.CC1=COC(O)C2C(=O)C(O)CC12O.CC1OC=CC2(O)C(O)C3OC3(C)C12.CCO/C=C(/C(=O)O)C1(O)CCC(C)(C)C1. The lowest BCUT2D eigenvalue weighted by atomic mass is 9.79. The minimum absolute atomic E-state index is 0.0183. The van der Waals surface area contributed by atoms with Crippen LogP contribution in [0, 0.1) is 35.0 Å². The van der Waals surface area contributed by atoms with Gasteiger partial charge < -0.3 is 84.2 Å². The van der Waals surface area contributed by atoms with Gasteiger partial charge in [-0.25, -0.2) is 4.79 Å². The molecule has 0 spiro atoms. The highest BCUT2D eigenvalue weighted by molar-refractivity contribution is 5.91. The highest BCUT2D eigenvalue weighted by Crippen LogP contribution is 2.62. The summed E-state index contributed by atoms with van der Waals surface area (Å²) in [6.07, 6.45) is 5.78. The van der Waals surface area contributed by atoms with Crippen molar-refractivity contribution in [2.75, 3.05) is 19.8 Å². The lowest BCUT2D eigenvalue weighted by molar-refractivity contribution is -0.170. The van der Waals surface area contributed by atoms with Gasteiger partial charge in [0.25, 0.3) is 0 Å². The molecule has 0 radical (unpaired) electrons. The van der Waals surface area contributed by atoms with E-state index in [9.17, 15) is 60.3 Å². The highest BCUT2D eigenvalue weighted by atomic mass is 16.6. The van der Waals surface area contributed by atoms with Crippen molar-refractivity contribution in [1.29, 1.82) is 0 Å². The molecule has 400 valence electrons. The molecule has 0 aromatic carbocycles. The number of aliphatic carboxylic acids is 1. The van der Waals surface area contributed by atoms with Gasteiger partial charge in [0.05, 0.1) is 55.9 Å². The summed E-state index contributed by atoms with van der Waals surface area (Å²) in [5.74, 6) is -3.11. The van der Waals surface area contributed by atoms with Crippen LogP contribution < -0.4 is 0 Å². The Hall–Kier alpha value is -3.51. The van der Waals surface area contributed by atoms with E-state index < -0.39 is 75.7 Å². The molecule has 20 nitrogen and oxygen atoms in total. The number of hydrogen-bond acceptors (Lipinski definition) is 19. The van der Waals surface area contributed by atoms with E-state index in [4.69, 9.17) is 38.3 Å². The molecule has 5 saturated carbocycles. The number of ketones is 2. The van der Waals surface area contributed by atoms with Crippen LogP contribution in [0.4, 0.5) is 0 Å². The molecule has 6 aliphatic heterocycles. The van der Waals surface area contributed by atoms with Gasteiger partial charge in [-0.2, -0.15) is 0 Å². The Balaban J connectivity index is 0.000000131. The van der Waals surface area contributed by atoms with Crippen molar-refractivity contribution in [3.8, 4) is 0 Å². The summed E-state index contributed by atoms with van der Waals surface area (Å²) in [5, 5.41) is 98.4. The first-order valence-electron chi connectivity index (χ1n) is 24.7. The van der Waals surface area contributed by atoms with E-state index in [0.29, 0.717) is 43.8 Å². The Kier molecular flexibility index (Phi) is 14.8. The van der Waals surface area contributed by atoms with E-state index in [1.165, 1.54) is 18.8 Å². The van der Waals surface area contributed by atoms with Crippen LogP contribution in [0.1, 0.15) is 108 Å². The number of hydrogen-bond donors (Lipinski definition) is 10. The summed E-state index contributed by atoms with van der Waals surface area (Å²) < 4.78 is 36.7. The van der Waals surface area contributed by atoms with E-state index in [1.54, 1.807) is 33.1 Å². The molecule has 0 aromatic rings. The van der Waals surface area contributed by atoms with E-state index in [2.05, 4.69) is 13.8 Å². The molecule has 0 amide bonds. The number of carboxylic acid groups (broad SMARTS) is 1. The molecule has 6 heterocycles. The molecule has 8 fully saturated rings. The lowest BCUT2D eigenvalue weighted by Gasteiger charge is -2.39. The molecule has 20 unspecified atom stereocenters. The normalized spacial score (nSPS) is 49.6. The molecule has 3 saturated heterocycles. The first-order chi connectivity index (χ1) is 32.8. The Bertz CT molecular complexity index is 2190. The van der Waals surface area contributed by atoms with Crippen LogP contribution in [0.2, 0.25) is 0 Å². The minimum atomic E-state index is -1.45. The van der Waals surface area contributed by atoms with Crippen molar-refractivity contribution in [2.45, 2.75) is 196 Å². The summed E-state index contributed by atoms with van der Waals surface area (Å²) in [7, 11) is 0. The molecular weight excluding hydrogens is 933 g/mol. The Morgan fingerprint density at radius 2 is 1.49 bits per heavy atom. The summed E-state index contributed by atoms with van der Waals surface area (Å²) in [4.78, 5) is 33.9. The maximum Gasteiger partial charge on any atom is 0.337 e. The molecule has 11 aliphatic rings. The fourth-order valence-corrected chi connectivity index (χ4v) is 13.2. The summed E-state index contributed by atoms with van der Waals surface area (Å²) in [6, 6.07) is 0. The van der Waals surface area contributed by atoms with Crippen LogP contribution in [-0.4, -0.2) is 177 Å². The number of fused-ring (bicyclic) bond motifs is 8. The van der Waals surface area contributed by atoms with Gasteiger partial charge in [0.1, 0.15) is 88.3 Å². The predicted octanol–water partition coefficient (Wildman–Crippen LogP) is 1.20. The monoisotopic (exact) mass is 1010 g/mol. The zero-order valence-electron chi connectivity index (χ0n) is 42.3. The van der Waals surface area contributed by atoms with E-state index >= 15 is 0 Å². The molecule has 20 heteroatoms. The first-order valence-corrected chi connectivity index (χ1v) is 24.7. The predicted molar refractivity (Wildman–Crippen MR) is 247 cm³/mol. The van der Waals surface area contributed by atoms with Crippen LogP contribution in [0.15, 0.2) is 47.8 Å². The molecule has 71 heavy (non-hydrogen) atoms. The number of aliphatic hydroxyl groups is 9. The maximum absolute atomic E-state index is 11.4. The van der Waals surface area contributed by atoms with Gasteiger partial charge in [-0.3, -0.25) is 9.59 Å². The lowest BCUT2D eigenvalue weighted by Crippen LogP contribution is -2.55. The Morgan fingerprint density at radius 1 is 0.831 bits per heavy atom. The minimum Gasteiger partial charge on any atom is -0.501 e. The zero-order valence-corrected chi connectivity index (χ0v) is 42.3. The smallest absolute Gasteiger partial charge is 0.337 e. The number of ether oxygens (including phenoxy) is 7. The van der Waals surface area contributed by atoms with Gasteiger partial charge in [0.15, 0.2) is 11.6 Å². The quantitative estimate of drug-likeness (QED) is 0.107. The second-order valence-electron chi connectivity index (χ2n) is 22.9. The van der Waals surface area contributed by atoms with Crippen LogP contribution in [0.25, 0.3) is 0 Å². The van der Waals surface area contributed by atoms with Crippen molar-refractivity contribution in [3.05, 3.63) is 47.8 Å². The molecule has 0 aromatic heterocycles. The second kappa shape index (κ2) is 19.0. The average molecular weight is 1010 g/mol. The fourth-order valence-electron chi connectivity index (χ4n) is 13.2. The summed E-state index contributed by atoms with van der Waals surface area (Å²) in [5.41, 5.74) is -5.16. The first kappa shape index (κ1) is 55.2. The van der Waals surface area contributed by atoms with Gasteiger partial charge in [-0.15, -0.1) is 0 Å². The van der Waals surface area contributed by atoms with Crippen molar-refractivity contribution in [3.63, 3.8) is 0 Å². The van der Waals surface area contributed by atoms with Gasteiger partial charge in [-0.05, 0) is 110 Å². The van der Waals surface area contributed by atoms with Gasteiger partial charge in [0, 0.05) is 24.2 Å². The van der Waals surface area contributed by atoms with Crippen molar-refractivity contribution >= 4 is 17.5 Å². The topological polar surface area (TPSA) is 325 Å².